The van der Waals surface area contributed by atoms with Gasteiger partial charge in [0.2, 0.25) is 5.91 Å². The second kappa shape index (κ2) is 7.42. The van der Waals surface area contributed by atoms with Gasteiger partial charge in [-0.3, -0.25) is 4.79 Å². The highest BCUT2D eigenvalue weighted by molar-refractivity contribution is 5.84. The van der Waals surface area contributed by atoms with Gasteiger partial charge in [0, 0.05) is 37.9 Å². The predicted molar refractivity (Wildman–Crippen MR) is 91.3 cm³/mol. The van der Waals surface area contributed by atoms with Crippen LogP contribution in [0.1, 0.15) is 12.8 Å². The SMILES string of the molecule is COc1ccc(N2CCN(C(=O)CNC(=O)NC3CC3)CC2)cc1. The Hall–Kier alpha value is -2.44. The van der Waals surface area contributed by atoms with E-state index in [1.807, 2.05) is 24.3 Å². The van der Waals surface area contributed by atoms with Crippen molar-refractivity contribution in [2.75, 3.05) is 44.7 Å². The van der Waals surface area contributed by atoms with Gasteiger partial charge < -0.3 is 25.2 Å². The molecule has 1 aromatic rings. The maximum Gasteiger partial charge on any atom is 0.315 e. The van der Waals surface area contributed by atoms with E-state index in [4.69, 9.17) is 4.74 Å². The minimum Gasteiger partial charge on any atom is -0.497 e. The van der Waals surface area contributed by atoms with Crippen LogP contribution in [-0.4, -0.2) is 62.7 Å². The fourth-order valence-electron chi connectivity index (χ4n) is 2.74. The highest BCUT2D eigenvalue weighted by Gasteiger charge is 2.24. The molecule has 1 saturated carbocycles. The lowest BCUT2D eigenvalue weighted by Gasteiger charge is -2.36. The molecule has 1 heterocycles. The summed E-state index contributed by atoms with van der Waals surface area (Å²) in [6.07, 6.45) is 2.07. The first-order valence-corrected chi connectivity index (χ1v) is 8.37. The lowest BCUT2D eigenvalue weighted by molar-refractivity contribution is -0.130. The van der Waals surface area contributed by atoms with Crippen molar-refractivity contribution in [1.29, 1.82) is 0 Å². The van der Waals surface area contributed by atoms with Gasteiger partial charge in [0.1, 0.15) is 5.75 Å². The van der Waals surface area contributed by atoms with Gasteiger partial charge in [0.25, 0.3) is 0 Å². The molecule has 0 aromatic heterocycles. The largest absolute Gasteiger partial charge is 0.497 e. The third-order valence-electron chi connectivity index (χ3n) is 4.38. The molecule has 1 aliphatic heterocycles. The number of nitrogens with one attached hydrogen (secondary N) is 2. The number of anilines is 1. The van der Waals surface area contributed by atoms with E-state index in [9.17, 15) is 9.59 Å². The first-order valence-electron chi connectivity index (χ1n) is 8.37. The van der Waals surface area contributed by atoms with E-state index in [1.54, 1.807) is 12.0 Å². The summed E-state index contributed by atoms with van der Waals surface area (Å²) in [5, 5.41) is 5.45. The molecule has 0 unspecified atom stereocenters. The van der Waals surface area contributed by atoms with Crippen LogP contribution in [-0.2, 0) is 4.79 Å². The highest BCUT2D eigenvalue weighted by Crippen LogP contribution is 2.20. The van der Waals surface area contributed by atoms with Crippen molar-refractivity contribution >= 4 is 17.6 Å². The van der Waals surface area contributed by atoms with E-state index in [0.29, 0.717) is 19.1 Å². The van der Waals surface area contributed by atoms with Crippen molar-refractivity contribution in [3.63, 3.8) is 0 Å². The lowest BCUT2D eigenvalue weighted by Crippen LogP contribution is -2.52. The number of carbonyl (C=O) groups excluding carboxylic acids is 2. The van der Waals surface area contributed by atoms with Crippen LogP contribution in [0.5, 0.6) is 5.75 Å². The Morgan fingerprint density at radius 2 is 1.79 bits per heavy atom. The quantitative estimate of drug-likeness (QED) is 0.837. The number of urea groups is 1. The Bertz CT molecular complexity index is 578. The Morgan fingerprint density at radius 1 is 1.12 bits per heavy atom. The molecule has 7 heteroatoms. The number of benzene rings is 1. The minimum atomic E-state index is -0.247. The van der Waals surface area contributed by atoms with Crippen LogP contribution in [0, 0.1) is 0 Å². The van der Waals surface area contributed by atoms with Gasteiger partial charge in [0.15, 0.2) is 0 Å². The molecule has 24 heavy (non-hydrogen) atoms. The number of carbonyl (C=O) groups is 2. The van der Waals surface area contributed by atoms with Gasteiger partial charge in [-0.15, -0.1) is 0 Å². The normalized spacial score (nSPS) is 17.4. The number of rotatable bonds is 5. The summed E-state index contributed by atoms with van der Waals surface area (Å²) in [6, 6.07) is 7.99. The van der Waals surface area contributed by atoms with Crippen molar-refractivity contribution in [1.82, 2.24) is 15.5 Å². The molecule has 0 radical (unpaired) electrons. The van der Waals surface area contributed by atoms with E-state index >= 15 is 0 Å². The first-order chi connectivity index (χ1) is 11.7. The molecule has 1 saturated heterocycles. The Labute approximate surface area is 141 Å². The molecule has 130 valence electrons. The molecule has 3 rings (SSSR count). The van der Waals surface area contributed by atoms with Crippen molar-refractivity contribution in [2.24, 2.45) is 0 Å². The monoisotopic (exact) mass is 332 g/mol. The van der Waals surface area contributed by atoms with Crippen LogP contribution in [0.4, 0.5) is 10.5 Å². The van der Waals surface area contributed by atoms with Crippen molar-refractivity contribution < 1.29 is 14.3 Å². The number of hydrogen-bond acceptors (Lipinski definition) is 4. The van der Waals surface area contributed by atoms with Gasteiger partial charge in [-0.05, 0) is 37.1 Å². The maximum absolute atomic E-state index is 12.2. The summed E-state index contributed by atoms with van der Waals surface area (Å²) in [6.45, 7) is 2.95. The van der Waals surface area contributed by atoms with Crippen LogP contribution < -0.4 is 20.3 Å². The summed E-state index contributed by atoms with van der Waals surface area (Å²) in [5.41, 5.74) is 1.13. The molecular formula is C17H24N4O3. The average molecular weight is 332 g/mol. The van der Waals surface area contributed by atoms with Crippen LogP contribution in [0.25, 0.3) is 0 Å². The van der Waals surface area contributed by atoms with Gasteiger partial charge in [-0.25, -0.2) is 4.79 Å². The van der Waals surface area contributed by atoms with Crippen molar-refractivity contribution in [2.45, 2.75) is 18.9 Å². The third kappa shape index (κ3) is 4.31. The van der Waals surface area contributed by atoms with Gasteiger partial charge in [-0.1, -0.05) is 0 Å². The molecule has 1 aliphatic carbocycles. The number of nitrogens with zero attached hydrogens (tertiary/aromatic N) is 2. The number of piperazine rings is 1. The van der Waals surface area contributed by atoms with E-state index in [-0.39, 0.29) is 18.5 Å². The molecule has 2 aliphatic rings. The maximum atomic E-state index is 12.2. The summed E-state index contributed by atoms with van der Waals surface area (Å²) < 4.78 is 5.17. The molecule has 2 N–H and O–H groups in total. The topological polar surface area (TPSA) is 73.9 Å². The van der Waals surface area contributed by atoms with Gasteiger partial charge in [0.05, 0.1) is 13.7 Å². The highest BCUT2D eigenvalue weighted by atomic mass is 16.5. The van der Waals surface area contributed by atoms with Crippen molar-refractivity contribution in [3.8, 4) is 5.75 Å². The zero-order valence-corrected chi connectivity index (χ0v) is 14.0. The number of amides is 3. The molecular weight excluding hydrogens is 308 g/mol. The molecule has 0 atom stereocenters. The van der Waals surface area contributed by atoms with E-state index < -0.39 is 0 Å². The van der Waals surface area contributed by atoms with E-state index in [0.717, 1.165) is 37.4 Å². The fraction of sp³-hybridized carbons (Fsp3) is 0.529. The van der Waals surface area contributed by atoms with Gasteiger partial charge >= 0.3 is 6.03 Å². The Morgan fingerprint density at radius 3 is 2.38 bits per heavy atom. The third-order valence-corrected chi connectivity index (χ3v) is 4.38. The van der Waals surface area contributed by atoms with Crippen LogP contribution in [0.2, 0.25) is 0 Å². The second-order valence-electron chi connectivity index (χ2n) is 6.17. The summed E-state index contributed by atoms with van der Waals surface area (Å²) in [5.74, 6) is 0.804. The summed E-state index contributed by atoms with van der Waals surface area (Å²) in [7, 11) is 1.65. The second-order valence-corrected chi connectivity index (χ2v) is 6.17. The molecule has 0 bridgehead atoms. The Kier molecular flexibility index (Phi) is 5.08. The number of ether oxygens (including phenoxy) is 1. The van der Waals surface area contributed by atoms with Gasteiger partial charge in [-0.2, -0.15) is 0 Å². The predicted octanol–water partition coefficient (Wildman–Crippen LogP) is 0.805. The van der Waals surface area contributed by atoms with Crippen LogP contribution in [0.15, 0.2) is 24.3 Å². The Balaban J connectivity index is 1.41. The van der Waals surface area contributed by atoms with Crippen LogP contribution >= 0.6 is 0 Å². The standard InChI is InChI=1S/C17H24N4O3/c1-24-15-6-4-14(5-7-15)20-8-10-21(11-9-20)16(22)12-18-17(23)19-13-2-3-13/h4-7,13H,2-3,8-12H2,1H3,(H2,18,19,23). The minimum absolute atomic E-state index is 0.0321. The molecule has 3 amide bonds. The smallest absolute Gasteiger partial charge is 0.315 e. The zero-order chi connectivity index (χ0) is 16.9. The van der Waals surface area contributed by atoms with Crippen molar-refractivity contribution in [3.05, 3.63) is 24.3 Å². The van der Waals surface area contributed by atoms with E-state index in [2.05, 4.69) is 15.5 Å². The molecule has 2 fully saturated rings. The first kappa shape index (κ1) is 16.4. The fourth-order valence-corrected chi connectivity index (χ4v) is 2.74. The molecule has 7 nitrogen and oxygen atoms in total. The average Bonchev–Trinajstić information content (AvgIpc) is 3.44. The summed E-state index contributed by atoms with van der Waals surface area (Å²) >= 11 is 0. The lowest BCUT2D eigenvalue weighted by atomic mass is 10.2. The zero-order valence-electron chi connectivity index (χ0n) is 14.0. The number of methoxy groups -OCH3 is 1. The van der Waals surface area contributed by atoms with Crippen LogP contribution in [0.3, 0.4) is 0 Å². The molecule has 1 aromatic carbocycles. The number of hydrogen-bond donors (Lipinski definition) is 2. The summed E-state index contributed by atoms with van der Waals surface area (Å²) in [4.78, 5) is 27.8. The molecule has 0 spiro atoms. The van der Waals surface area contributed by atoms with E-state index in [1.165, 1.54) is 0 Å².